The molecule has 70 valence electrons. The van der Waals surface area contributed by atoms with Gasteiger partial charge in [0.15, 0.2) is 0 Å². The molecule has 0 aromatic rings. The minimum absolute atomic E-state index is 0.485. The second-order valence-electron chi connectivity index (χ2n) is 2.59. The maximum Gasteiger partial charge on any atom is 0.331 e. The van der Waals surface area contributed by atoms with Crippen LogP contribution in [0.15, 0.2) is 11.6 Å². The van der Waals surface area contributed by atoms with Gasteiger partial charge in [-0.1, -0.05) is 19.9 Å². The van der Waals surface area contributed by atoms with Gasteiger partial charge in [-0.3, -0.25) is 0 Å². The summed E-state index contributed by atoms with van der Waals surface area (Å²) in [6.07, 6.45) is 3.39. The highest BCUT2D eigenvalue weighted by Crippen LogP contribution is 1.98. The maximum absolute atomic E-state index is 10.5. The molecule has 0 saturated heterocycles. The molecule has 0 bridgehead atoms. The van der Waals surface area contributed by atoms with Crippen LogP contribution in [0.5, 0.6) is 0 Å². The van der Waals surface area contributed by atoms with Crippen molar-refractivity contribution >= 4 is 5.97 Å². The molecule has 0 heterocycles. The van der Waals surface area contributed by atoms with Crippen molar-refractivity contribution in [3.63, 3.8) is 0 Å². The number of aliphatic carboxylic acids is 1. The van der Waals surface area contributed by atoms with Crippen LogP contribution in [-0.4, -0.2) is 24.2 Å². The van der Waals surface area contributed by atoms with Gasteiger partial charge < -0.3 is 10.4 Å². The van der Waals surface area contributed by atoms with E-state index in [1.807, 2.05) is 6.92 Å². The Kier molecular flexibility index (Phi) is 6.38. The zero-order valence-electron chi connectivity index (χ0n) is 7.76. The Labute approximate surface area is 73.5 Å². The van der Waals surface area contributed by atoms with E-state index in [2.05, 4.69) is 12.2 Å². The number of carboxylic acid groups (broad SMARTS) is 1. The van der Waals surface area contributed by atoms with Crippen LogP contribution in [0.4, 0.5) is 0 Å². The molecule has 0 aromatic carbocycles. The first-order valence-electron chi connectivity index (χ1n) is 4.35. The number of rotatable bonds is 6. The van der Waals surface area contributed by atoms with Crippen LogP contribution in [0.25, 0.3) is 0 Å². The fourth-order valence-electron chi connectivity index (χ4n) is 0.857. The van der Waals surface area contributed by atoms with E-state index in [1.54, 1.807) is 6.08 Å². The fourth-order valence-corrected chi connectivity index (χ4v) is 0.857. The summed E-state index contributed by atoms with van der Waals surface area (Å²) in [6, 6.07) is 0. The number of nitrogens with one attached hydrogen (secondary N) is 1. The van der Waals surface area contributed by atoms with E-state index in [-0.39, 0.29) is 0 Å². The van der Waals surface area contributed by atoms with E-state index in [4.69, 9.17) is 5.11 Å². The highest BCUT2D eigenvalue weighted by molar-refractivity contribution is 5.86. The average Bonchev–Trinajstić information content (AvgIpc) is 2.04. The van der Waals surface area contributed by atoms with Gasteiger partial charge in [-0.25, -0.2) is 4.79 Å². The van der Waals surface area contributed by atoms with Crippen molar-refractivity contribution in [3.8, 4) is 0 Å². The van der Waals surface area contributed by atoms with Gasteiger partial charge in [-0.05, 0) is 19.4 Å². The molecule has 0 saturated carbocycles. The Hall–Kier alpha value is -0.830. The van der Waals surface area contributed by atoms with Crippen LogP contribution < -0.4 is 5.32 Å². The SMILES string of the molecule is CCCNC/C=C(/CC)C(=O)O. The molecule has 0 aliphatic heterocycles. The molecule has 3 nitrogen and oxygen atoms in total. The van der Waals surface area contributed by atoms with Crippen molar-refractivity contribution in [2.45, 2.75) is 26.7 Å². The average molecular weight is 171 g/mol. The quantitative estimate of drug-likeness (QED) is 0.469. The summed E-state index contributed by atoms with van der Waals surface area (Å²) in [4.78, 5) is 10.5. The van der Waals surface area contributed by atoms with Crippen LogP contribution in [0.1, 0.15) is 26.7 Å². The third kappa shape index (κ3) is 4.91. The second-order valence-corrected chi connectivity index (χ2v) is 2.59. The highest BCUT2D eigenvalue weighted by Gasteiger charge is 2.01. The van der Waals surface area contributed by atoms with Crippen molar-refractivity contribution in [3.05, 3.63) is 11.6 Å². The lowest BCUT2D eigenvalue weighted by Crippen LogP contribution is -2.15. The number of carbonyl (C=O) groups is 1. The molecule has 12 heavy (non-hydrogen) atoms. The smallest absolute Gasteiger partial charge is 0.331 e. The van der Waals surface area contributed by atoms with Crippen molar-refractivity contribution in [2.75, 3.05) is 13.1 Å². The molecule has 0 fully saturated rings. The predicted octanol–water partition coefficient (Wildman–Crippen LogP) is 1.41. The van der Waals surface area contributed by atoms with E-state index < -0.39 is 5.97 Å². The first-order chi connectivity index (χ1) is 5.72. The molecule has 0 aromatic heterocycles. The maximum atomic E-state index is 10.5. The molecule has 0 aliphatic carbocycles. The lowest BCUT2D eigenvalue weighted by Gasteiger charge is -1.99. The van der Waals surface area contributed by atoms with Crippen LogP contribution in [0.3, 0.4) is 0 Å². The molecule has 0 amide bonds. The Morgan fingerprint density at radius 1 is 1.50 bits per heavy atom. The first kappa shape index (κ1) is 11.2. The van der Waals surface area contributed by atoms with Crippen molar-refractivity contribution in [1.82, 2.24) is 5.32 Å². The zero-order chi connectivity index (χ0) is 9.40. The topological polar surface area (TPSA) is 49.3 Å². The van der Waals surface area contributed by atoms with E-state index in [9.17, 15) is 4.79 Å². The van der Waals surface area contributed by atoms with Crippen LogP contribution in [0.2, 0.25) is 0 Å². The predicted molar refractivity (Wildman–Crippen MR) is 49.2 cm³/mol. The minimum Gasteiger partial charge on any atom is -0.478 e. The lowest BCUT2D eigenvalue weighted by molar-refractivity contribution is -0.132. The molecule has 0 radical (unpaired) electrons. The number of hydrogen-bond acceptors (Lipinski definition) is 2. The second kappa shape index (κ2) is 6.85. The van der Waals surface area contributed by atoms with Gasteiger partial charge in [0.05, 0.1) is 0 Å². The summed E-state index contributed by atoms with van der Waals surface area (Å²) in [7, 11) is 0. The first-order valence-corrected chi connectivity index (χ1v) is 4.35. The summed E-state index contributed by atoms with van der Waals surface area (Å²) in [6.45, 7) is 5.52. The highest BCUT2D eigenvalue weighted by atomic mass is 16.4. The third-order valence-electron chi connectivity index (χ3n) is 1.58. The van der Waals surface area contributed by atoms with Crippen LogP contribution in [-0.2, 0) is 4.79 Å². The largest absolute Gasteiger partial charge is 0.478 e. The summed E-state index contributed by atoms with van der Waals surface area (Å²) in [5.41, 5.74) is 0.485. The Morgan fingerprint density at radius 3 is 2.58 bits per heavy atom. The van der Waals surface area contributed by atoms with Gasteiger partial charge in [0.1, 0.15) is 0 Å². The third-order valence-corrected chi connectivity index (χ3v) is 1.58. The lowest BCUT2D eigenvalue weighted by atomic mass is 10.2. The molecular weight excluding hydrogens is 154 g/mol. The Bertz CT molecular complexity index is 164. The molecule has 3 heteroatoms. The fraction of sp³-hybridized carbons (Fsp3) is 0.667. The molecule has 0 rings (SSSR count). The summed E-state index contributed by atoms with van der Waals surface area (Å²) in [5.74, 6) is -0.809. The molecule has 0 atom stereocenters. The molecule has 2 N–H and O–H groups in total. The van der Waals surface area contributed by atoms with E-state index in [1.165, 1.54) is 0 Å². The molecule has 0 unspecified atom stereocenters. The van der Waals surface area contributed by atoms with Gasteiger partial charge in [-0.2, -0.15) is 0 Å². The summed E-state index contributed by atoms with van der Waals surface area (Å²) >= 11 is 0. The van der Waals surface area contributed by atoms with Gasteiger partial charge in [-0.15, -0.1) is 0 Å². The van der Waals surface area contributed by atoms with Crippen LogP contribution >= 0.6 is 0 Å². The minimum atomic E-state index is -0.809. The van der Waals surface area contributed by atoms with Gasteiger partial charge in [0.2, 0.25) is 0 Å². The van der Waals surface area contributed by atoms with Gasteiger partial charge in [0, 0.05) is 12.1 Å². The summed E-state index contributed by atoms with van der Waals surface area (Å²) in [5, 5.41) is 11.7. The monoisotopic (exact) mass is 171 g/mol. The molecule has 0 spiro atoms. The Balaban J connectivity index is 3.71. The number of carboxylic acids is 1. The van der Waals surface area contributed by atoms with E-state index >= 15 is 0 Å². The zero-order valence-corrected chi connectivity index (χ0v) is 7.76. The van der Waals surface area contributed by atoms with E-state index in [0.29, 0.717) is 18.5 Å². The van der Waals surface area contributed by atoms with Crippen LogP contribution in [0, 0.1) is 0 Å². The molecule has 0 aliphatic rings. The Morgan fingerprint density at radius 2 is 2.17 bits per heavy atom. The van der Waals surface area contributed by atoms with Crippen molar-refractivity contribution in [1.29, 1.82) is 0 Å². The summed E-state index contributed by atoms with van der Waals surface area (Å²) < 4.78 is 0. The van der Waals surface area contributed by atoms with Crippen molar-refractivity contribution in [2.24, 2.45) is 0 Å². The van der Waals surface area contributed by atoms with Crippen molar-refractivity contribution < 1.29 is 9.90 Å². The molecular formula is C9H17NO2. The van der Waals surface area contributed by atoms with Gasteiger partial charge in [0.25, 0.3) is 0 Å². The number of hydrogen-bond donors (Lipinski definition) is 2. The van der Waals surface area contributed by atoms with E-state index in [0.717, 1.165) is 13.0 Å². The normalized spacial score (nSPS) is 11.7. The van der Waals surface area contributed by atoms with Gasteiger partial charge >= 0.3 is 5.97 Å². The standard InChI is InChI=1S/C9H17NO2/c1-3-6-10-7-5-8(4-2)9(11)12/h5,10H,3-4,6-7H2,1-2H3,(H,11,12)/b8-5-.